The number of urea groups is 1. The number of aliphatic hydroxyl groups is 2. The van der Waals surface area contributed by atoms with Gasteiger partial charge in [0.15, 0.2) is 11.9 Å². The van der Waals surface area contributed by atoms with Crippen LogP contribution < -0.4 is 10.6 Å². The summed E-state index contributed by atoms with van der Waals surface area (Å²) in [5.41, 5.74) is 3.58. The molecule has 0 spiro atoms. The number of hydrogen-bond donors (Lipinski definition) is 4. The zero-order valence-electron chi connectivity index (χ0n) is 22.3. The third kappa shape index (κ3) is 5.93. The number of likely N-dealkylation sites (N-methyl/N-ethyl adjacent to an activating group) is 1. The van der Waals surface area contributed by atoms with Crippen molar-refractivity contribution in [1.82, 2.24) is 29.7 Å². The number of aryl methyl sites for hydroxylation is 1. The van der Waals surface area contributed by atoms with E-state index in [1.54, 1.807) is 18.5 Å². The Labute approximate surface area is 221 Å². The summed E-state index contributed by atoms with van der Waals surface area (Å²) in [5.74, 6) is -0.245. The van der Waals surface area contributed by atoms with Crippen molar-refractivity contribution in [3.05, 3.63) is 48.2 Å². The summed E-state index contributed by atoms with van der Waals surface area (Å²) in [6, 6.07) is 7.22. The molecule has 12 nitrogen and oxygen atoms in total. The van der Waals surface area contributed by atoms with E-state index in [0.29, 0.717) is 22.5 Å². The lowest BCUT2D eigenvalue weighted by atomic mass is 9.87. The Morgan fingerprint density at radius 3 is 2.50 bits per heavy atom. The molecule has 3 amide bonds. The van der Waals surface area contributed by atoms with Gasteiger partial charge in [0, 0.05) is 32.2 Å². The minimum atomic E-state index is -1.24. The van der Waals surface area contributed by atoms with Gasteiger partial charge in [0.1, 0.15) is 30.2 Å². The van der Waals surface area contributed by atoms with Crippen molar-refractivity contribution >= 4 is 28.8 Å². The van der Waals surface area contributed by atoms with Crippen LogP contribution in [0.5, 0.6) is 0 Å². The molecule has 1 saturated heterocycles. The van der Waals surface area contributed by atoms with Crippen LogP contribution in [0.3, 0.4) is 0 Å². The molecule has 0 saturated carbocycles. The quantitative estimate of drug-likeness (QED) is 0.364. The zero-order valence-corrected chi connectivity index (χ0v) is 22.3. The number of anilines is 1. The average molecular weight is 526 g/mol. The van der Waals surface area contributed by atoms with Gasteiger partial charge in [0.2, 0.25) is 5.91 Å². The molecule has 1 fully saturated rings. The van der Waals surface area contributed by atoms with Gasteiger partial charge < -0.3 is 30.5 Å². The first kappa shape index (κ1) is 27.4. The first-order valence-corrected chi connectivity index (χ1v) is 12.5. The Morgan fingerprint density at radius 1 is 1.11 bits per heavy atom. The molecule has 1 aliphatic heterocycles. The van der Waals surface area contributed by atoms with Gasteiger partial charge in [-0.05, 0) is 30.0 Å². The van der Waals surface area contributed by atoms with Crippen LogP contribution in [0, 0.1) is 6.92 Å². The monoisotopic (exact) mass is 525 g/mol. The molecule has 204 valence electrons. The van der Waals surface area contributed by atoms with Gasteiger partial charge in [-0.2, -0.15) is 0 Å². The highest BCUT2D eigenvalue weighted by atomic mass is 16.6. The molecule has 0 bridgehead atoms. The van der Waals surface area contributed by atoms with Crippen LogP contribution in [0.15, 0.2) is 36.9 Å². The second kappa shape index (κ2) is 11.0. The van der Waals surface area contributed by atoms with Crippen LogP contribution in [0.2, 0.25) is 0 Å². The van der Waals surface area contributed by atoms with Crippen LogP contribution in [0.4, 0.5) is 10.5 Å². The highest BCUT2D eigenvalue weighted by Gasteiger charge is 2.45. The maximum Gasteiger partial charge on any atom is 0.319 e. The predicted molar refractivity (Wildman–Crippen MR) is 140 cm³/mol. The van der Waals surface area contributed by atoms with E-state index >= 15 is 0 Å². The fraction of sp³-hybridized carbons (Fsp3) is 0.500. The molecule has 1 unspecified atom stereocenters. The van der Waals surface area contributed by atoms with Crippen molar-refractivity contribution in [2.45, 2.75) is 64.1 Å². The minimum Gasteiger partial charge on any atom is -0.387 e. The number of nitrogens with zero attached hydrogens (tertiary/aromatic N) is 5. The maximum atomic E-state index is 12.6. The Balaban J connectivity index is 1.25. The zero-order chi connectivity index (χ0) is 27.6. The molecule has 2 aromatic heterocycles. The van der Waals surface area contributed by atoms with Crippen LogP contribution in [-0.2, 0) is 14.9 Å². The Morgan fingerprint density at radius 2 is 1.82 bits per heavy atom. The number of imidazole rings is 1. The Hall–Kier alpha value is -3.61. The van der Waals surface area contributed by atoms with Crippen molar-refractivity contribution in [3.8, 4) is 0 Å². The number of amides is 3. The second-order valence-corrected chi connectivity index (χ2v) is 10.6. The number of carbonyl (C=O) groups excluding carboxylic acids is 2. The van der Waals surface area contributed by atoms with Crippen molar-refractivity contribution < 1.29 is 24.5 Å². The van der Waals surface area contributed by atoms with E-state index in [1.807, 2.05) is 24.3 Å². The van der Waals surface area contributed by atoms with E-state index in [0.717, 1.165) is 5.56 Å². The van der Waals surface area contributed by atoms with Crippen LogP contribution in [-0.4, -0.2) is 85.0 Å². The third-order valence-corrected chi connectivity index (χ3v) is 6.67. The normalized spacial score (nSPS) is 21.4. The number of aromatic nitrogens is 4. The molecule has 0 radical (unpaired) electrons. The maximum absolute atomic E-state index is 12.6. The molecule has 4 atom stereocenters. The number of ether oxygens (including phenoxy) is 1. The van der Waals surface area contributed by atoms with E-state index in [4.69, 9.17) is 4.74 Å². The molecular weight excluding hydrogens is 490 g/mol. The standard InChI is InChI=1S/C26H35N7O5/c1-15-20-23(29-13-28-15)33(14-30-20)24-22(36)21(35)18(38-24)12-32(5)19(34)10-11-27-25(37)31-17-8-6-16(7-9-17)26(2,3)4/h6-9,13-14,18,21-22,24,35-36H,10-12H2,1-5H3,(H2,27,31,37)/t18-,21-,22-,24?/m1/s1. The molecule has 4 rings (SSSR count). The van der Waals surface area contributed by atoms with Crippen LogP contribution in [0.1, 0.15) is 44.7 Å². The SMILES string of the molecule is Cc1ncnc2c1ncn2C1O[C@H](CN(C)C(=O)CCNC(=O)Nc2ccc(C(C)(C)C)cc2)[C@@H](O)[C@H]1O. The van der Waals surface area contributed by atoms with E-state index in [-0.39, 0.29) is 30.8 Å². The lowest BCUT2D eigenvalue weighted by molar-refractivity contribution is -0.132. The first-order chi connectivity index (χ1) is 18.0. The minimum absolute atomic E-state index is 0.0215. The van der Waals surface area contributed by atoms with Gasteiger partial charge in [-0.3, -0.25) is 9.36 Å². The fourth-order valence-electron chi connectivity index (χ4n) is 4.34. The van der Waals surface area contributed by atoms with Gasteiger partial charge in [-0.25, -0.2) is 19.7 Å². The molecule has 1 aliphatic rings. The van der Waals surface area contributed by atoms with E-state index < -0.39 is 30.6 Å². The largest absolute Gasteiger partial charge is 0.387 e. The van der Waals surface area contributed by atoms with Gasteiger partial charge in [0.25, 0.3) is 0 Å². The summed E-state index contributed by atoms with van der Waals surface area (Å²) in [7, 11) is 1.58. The van der Waals surface area contributed by atoms with Gasteiger partial charge in [-0.15, -0.1) is 0 Å². The second-order valence-electron chi connectivity index (χ2n) is 10.6. The summed E-state index contributed by atoms with van der Waals surface area (Å²) in [6.07, 6.45) is -1.25. The smallest absolute Gasteiger partial charge is 0.319 e. The molecule has 3 heterocycles. The topological polar surface area (TPSA) is 155 Å². The van der Waals surface area contributed by atoms with Crippen LogP contribution >= 0.6 is 0 Å². The van der Waals surface area contributed by atoms with Crippen molar-refractivity contribution in [1.29, 1.82) is 0 Å². The Bertz CT molecular complexity index is 1290. The van der Waals surface area contributed by atoms with E-state index in [9.17, 15) is 19.8 Å². The predicted octanol–water partition coefficient (Wildman–Crippen LogP) is 1.72. The molecule has 0 aliphatic carbocycles. The molecule has 38 heavy (non-hydrogen) atoms. The number of hydrogen-bond acceptors (Lipinski definition) is 8. The third-order valence-electron chi connectivity index (χ3n) is 6.67. The molecular formula is C26H35N7O5. The van der Waals surface area contributed by atoms with E-state index in [2.05, 4.69) is 46.4 Å². The number of fused-ring (bicyclic) bond motifs is 1. The van der Waals surface area contributed by atoms with Crippen molar-refractivity contribution in [2.75, 3.05) is 25.5 Å². The number of carbonyl (C=O) groups is 2. The summed E-state index contributed by atoms with van der Waals surface area (Å²) in [4.78, 5) is 38.9. The molecule has 1 aromatic carbocycles. The number of aliphatic hydroxyl groups excluding tert-OH is 2. The summed E-state index contributed by atoms with van der Waals surface area (Å²) >= 11 is 0. The first-order valence-electron chi connectivity index (χ1n) is 12.5. The lowest BCUT2D eigenvalue weighted by Gasteiger charge is -2.23. The van der Waals surface area contributed by atoms with Crippen molar-refractivity contribution in [3.63, 3.8) is 0 Å². The number of rotatable bonds is 7. The highest BCUT2D eigenvalue weighted by Crippen LogP contribution is 2.32. The fourth-order valence-corrected chi connectivity index (χ4v) is 4.34. The molecule has 4 N–H and O–H groups in total. The van der Waals surface area contributed by atoms with Crippen molar-refractivity contribution in [2.24, 2.45) is 0 Å². The van der Waals surface area contributed by atoms with Gasteiger partial charge >= 0.3 is 6.03 Å². The van der Waals surface area contributed by atoms with Gasteiger partial charge in [0.05, 0.1) is 12.0 Å². The molecule has 3 aromatic rings. The lowest BCUT2D eigenvalue weighted by Crippen LogP contribution is -2.41. The highest BCUT2D eigenvalue weighted by molar-refractivity contribution is 5.89. The summed E-state index contributed by atoms with van der Waals surface area (Å²) in [6.45, 7) is 8.35. The van der Waals surface area contributed by atoms with E-state index in [1.165, 1.54) is 17.6 Å². The average Bonchev–Trinajstić information content (AvgIpc) is 3.41. The summed E-state index contributed by atoms with van der Waals surface area (Å²) < 4.78 is 7.48. The number of benzene rings is 1. The van der Waals surface area contributed by atoms with Crippen LogP contribution in [0.25, 0.3) is 11.2 Å². The molecule has 12 heteroatoms. The summed E-state index contributed by atoms with van der Waals surface area (Å²) in [5, 5.41) is 26.7. The number of nitrogens with one attached hydrogen (secondary N) is 2. The Kier molecular flexibility index (Phi) is 7.95. The van der Waals surface area contributed by atoms with Gasteiger partial charge in [-0.1, -0.05) is 32.9 Å².